The van der Waals surface area contributed by atoms with Gasteiger partial charge in [0.2, 0.25) is 5.91 Å². The lowest BCUT2D eigenvalue weighted by atomic mass is 9.90. The molecule has 0 aliphatic heterocycles. The highest BCUT2D eigenvalue weighted by Crippen LogP contribution is 2.37. The van der Waals surface area contributed by atoms with Crippen molar-refractivity contribution < 1.29 is 4.79 Å². The number of para-hydroxylation sites is 1. The molecule has 4 rings (SSSR count). The van der Waals surface area contributed by atoms with Crippen LogP contribution in [-0.4, -0.2) is 16.9 Å². The first kappa shape index (κ1) is 15.4. The smallest absolute Gasteiger partial charge is 0.234 e. The van der Waals surface area contributed by atoms with Crippen LogP contribution in [0.25, 0.3) is 32.8 Å². The fourth-order valence-corrected chi connectivity index (χ4v) is 3.42. The molecule has 0 aliphatic carbocycles. The van der Waals surface area contributed by atoms with Crippen LogP contribution < -0.4 is 11.5 Å². The topological polar surface area (TPSA) is 84.9 Å². The highest BCUT2D eigenvalue weighted by Gasteiger charge is 2.17. The maximum Gasteiger partial charge on any atom is 0.234 e. The van der Waals surface area contributed by atoms with Gasteiger partial charge in [-0.1, -0.05) is 54.6 Å². The highest BCUT2D eigenvalue weighted by molar-refractivity contribution is 6.06. The molecule has 0 saturated heterocycles. The lowest BCUT2D eigenvalue weighted by molar-refractivity contribution is -0.119. The van der Waals surface area contributed by atoms with Gasteiger partial charge < -0.3 is 16.5 Å². The van der Waals surface area contributed by atoms with Gasteiger partial charge in [-0.25, -0.2) is 0 Å². The zero-order valence-electron chi connectivity index (χ0n) is 13.7. The molecule has 0 aliphatic rings. The summed E-state index contributed by atoms with van der Waals surface area (Å²) in [4.78, 5) is 14.8. The first-order valence-electron chi connectivity index (χ1n) is 8.27. The third-order valence-corrected chi connectivity index (χ3v) is 4.68. The summed E-state index contributed by atoms with van der Waals surface area (Å²) in [6, 6.07) is 19.8. The van der Waals surface area contributed by atoms with E-state index in [4.69, 9.17) is 11.5 Å². The molecule has 0 radical (unpaired) electrons. The summed E-state index contributed by atoms with van der Waals surface area (Å²) in [5, 5.41) is 3.44. The summed E-state index contributed by atoms with van der Waals surface area (Å²) in [6.07, 6.45) is 2.43. The second-order valence-electron chi connectivity index (χ2n) is 6.28. The van der Waals surface area contributed by atoms with Crippen LogP contribution >= 0.6 is 0 Å². The number of amides is 1. The van der Waals surface area contributed by atoms with E-state index in [1.54, 1.807) is 0 Å². The second-order valence-corrected chi connectivity index (χ2v) is 6.28. The number of nitrogens with two attached hydrogens (primary N) is 2. The number of rotatable bonds is 4. The van der Waals surface area contributed by atoms with E-state index in [0.29, 0.717) is 6.42 Å². The summed E-state index contributed by atoms with van der Waals surface area (Å²) >= 11 is 0. The molecule has 0 fully saturated rings. The standard InChI is InChI=1S/C21H19N3O/c22-18(21(23)25)11-14-10-9-13-5-1-2-6-15(13)20(14)17-12-24-19-8-4-3-7-16(17)19/h1-10,12,18,24H,11,22H2,(H2,23,25)/t18-/m0/s1. The van der Waals surface area contributed by atoms with Crippen LogP contribution in [0, 0.1) is 0 Å². The molecule has 3 aromatic carbocycles. The van der Waals surface area contributed by atoms with E-state index in [9.17, 15) is 4.79 Å². The molecule has 1 amide bonds. The van der Waals surface area contributed by atoms with Gasteiger partial charge in [0.15, 0.2) is 0 Å². The quantitative estimate of drug-likeness (QED) is 0.536. The lowest BCUT2D eigenvalue weighted by Crippen LogP contribution is -2.38. The minimum atomic E-state index is -0.704. The number of benzene rings is 3. The number of aromatic nitrogens is 1. The number of fused-ring (bicyclic) bond motifs is 2. The largest absolute Gasteiger partial charge is 0.368 e. The SMILES string of the molecule is NC(=O)[C@@H](N)Cc1ccc2ccccc2c1-c1c[nH]c2ccccc12. The molecule has 124 valence electrons. The van der Waals surface area contributed by atoms with Gasteiger partial charge >= 0.3 is 0 Å². The van der Waals surface area contributed by atoms with Crippen LogP contribution in [0.1, 0.15) is 5.56 Å². The van der Waals surface area contributed by atoms with Crippen molar-refractivity contribution in [3.63, 3.8) is 0 Å². The Labute approximate surface area is 145 Å². The number of carbonyl (C=O) groups is 1. The fraction of sp³-hybridized carbons (Fsp3) is 0.0952. The maximum absolute atomic E-state index is 11.5. The molecule has 1 aromatic heterocycles. The summed E-state index contributed by atoms with van der Waals surface area (Å²) in [5.41, 5.74) is 15.6. The fourth-order valence-electron chi connectivity index (χ4n) is 3.42. The van der Waals surface area contributed by atoms with E-state index in [2.05, 4.69) is 35.3 Å². The molecule has 4 heteroatoms. The van der Waals surface area contributed by atoms with Crippen LogP contribution in [0.15, 0.2) is 66.9 Å². The Morgan fingerprint density at radius 3 is 2.48 bits per heavy atom. The van der Waals surface area contributed by atoms with Gasteiger partial charge in [-0.2, -0.15) is 0 Å². The van der Waals surface area contributed by atoms with Crippen molar-refractivity contribution in [2.24, 2.45) is 11.5 Å². The number of H-pyrrole nitrogens is 1. The minimum Gasteiger partial charge on any atom is -0.368 e. The van der Waals surface area contributed by atoms with Crippen molar-refractivity contribution in [3.8, 4) is 11.1 Å². The van der Waals surface area contributed by atoms with Crippen molar-refractivity contribution in [3.05, 3.63) is 72.4 Å². The third-order valence-electron chi connectivity index (χ3n) is 4.68. The van der Waals surface area contributed by atoms with Gasteiger partial charge in [0.1, 0.15) is 0 Å². The van der Waals surface area contributed by atoms with Gasteiger partial charge in [-0.3, -0.25) is 4.79 Å². The maximum atomic E-state index is 11.5. The van der Waals surface area contributed by atoms with Crippen LogP contribution in [-0.2, 0) is 11.2 Å². The van der Waals surface area contributed by atoms with E-state index in [1.165, 1.54) is 0 Å². The molecule has 5 N–H and O–H groups in total. The Morgan fingerprint density at radius 2 is 1.68 bits per heavy atom. The molecular formula is C21H19N3O. The highest BCUT2D eigenvalue weighted by atomic mass is 16.1. The molecule has 1 atom stereocenters. The Morgan fingerprint density at radius 1 is 0.960 bits per heavy atom. The Balaban J connectivity index is 2.00. The summed E-state index contributed by atoms with van der Waals surface area (Å²) in [7, 11) is 0. The number of hydrogen-bond donors (Lipinski definition) is 3. The predicted molar refractivity (Wildman–Crippen MR) is 102 cm³/mol. The van der Waals surface area contributed by atoms with Crippen molar-refractivity contribution in [1.29, 1.82) is 0 Å². The molecule has 4 nitrogen and oxygen atoms in total. The summed E-state index contributed by atoms with van der Waals surface area (Å²) in [6.45, 7) is 0. The Bertz CT molecular complexity index is 1080. The number of nitrogens with one attached hydrogen (secondary N) is 1. The molecule has 25 heavy (non-hydrogen) atoms. The first-order chi connectivity index (χ1) is 12.1. The zero-order chi connectivity index (χ0) is 17.4. The van der Waals surface area contributed by atoms with Gasteiger partial charge in [0.25, 0.3) is 0 Å². The first-order valence-corrected chi connectivity index (χ1v) is 8.27. The molecule has 0 spiro atoms. The van der Waals surface area contributed by atoms with Gasteiger partial charge in [-0.15, -0.1) is 0 Å². The van der Waals surface area contributed by atoms with Crippen LogP contribution in [0.2, 0.25) is 0 Å². The van der Waals surface area contributed by atoms with Gasteiger partial charge in [-0.05, 0) is 34.4 Å². The van der Waals surface area contributed by atoms with Crippen LogP contribution in [0.4, 0.5) is 0 Å². The van der Waals surface area contributed by atoms with Gasteiger partial charge in [0, 0.05) is 22.7 Å². The zero-order valence-corrected chi connectivity index (χ0v) is 13.7. The number of hydrogen-bond acceptors (Lipinski definition) is 2. The Hall–Kier alpha value is -3.11. The number of aromatic amines is 1. The van der Waals surface area contributed by atoms with Crippen molar-refractivity contribution in [1.82, 2.24) is 4.98 Å². The molecule has 0 unspecified atom stereocenters. The predicted octanol–water partition coefficient (Wildman–Crippen LogP) is 3.34. The van der Waals surface area contributed by atoms with E-state index in [0.717, 1.165) is 38.4 Å². The number of primary amides is 1. The normalized spacial score (nSPS) is 12.5. The van der Waals surface area contributed by atoms with E-state index >= 15 is 0 Å². The molecule has 0 saturated carbocycles. The van der Waals surface area contributed by atoms with E-state index in [-0.39, 0.29) is 0 Å². The summed E-state index contributed by atoms with van der Waals surface area (Å²) in [5.74, 6) is -0.488. The average molecular weight is 329 g/mol. The van der Waals surface area contributed by atoms with Crippen LogP contribution in [0.5, 0.6) is 0 Å². The number of carbonyl (C=O) groups excluding carboxylic acids is 1. The van der Waals surface area contributed by atoms with Crippen molar-refractivity contribution in [2.45, 2.75) is 12.5 Å². The lowest BCUT2D eigenvalue weighted by Gasteiger charge is -2.15. The van der Waals surface area contributed by atoms with Crippen LogP contribution in [0.3, 0.4) is 0 Å². The average Bonchev–Trinajstić information content (AvgIpc) is 3.05. The molecule has 4 aromatic rings. The van der Waals surface area contributed by atoms with Gasteiger partial charge in [0.05, 0.1) is 6.04 Å². The molecular weight excluding hydrogens is 310 g/mol. The van der Waals surface area contributed by atoms with Crippen molar-refractivity contribution in [2.75, 3.05) is 0 Å². The Kier molecular flexibility index (Phi) is 3.75. The van der Waals surface area contributed by atoms with E-state index < -0.39 is 11.9 Å². The third kappa shape index (κ3) is 2.66. The van der Waals surface area contributed by atoms with Crippen molar-refractivity contribution >= 4 is 27.6 Å². The van der Waals surface area contributed by atoms with E-state index in [1.807, 2.05) is 36.5 Å². The second kappa shape index (κ2) is 6.07. The monoisotopic (exact) mass is 329 g/mol. The minimum absolute atomic E-state index is 0.412. The molecule has 1 heterocycles. The summed E-state index contributed by atoms with van der Waals surface area (Å²) < 4.78 is 0. The molecule has 0 bridgehead atoms.